The smallest absolute Gasteiger partial charge is 0.286 e. The van der Waals surface area contributed by atoms with Crippen LogP contribution in [0.1, 0.15) is 0 Å². The molecular formula is C10H7ClN3+. The van der Waals surface area contributed by atoms with Gasteiger partial charge in [0, 0.05) is 5.39 Å². The summed E-state index contributed by atoms with van der Waals surface area (Å²) >= 11 is 5.97. The molecule has 14 heavy (non-hydrogen) atoms. The van der Waals surface area contributed by atoms with Gasteiger partial charge in [0.25, 0.3) is 11.5 Å². The highest BCUT2D eigenvalue weighted by Crippen LogP contribution is 2.24. The molecule has 0 aliphatic heterocycles. The molecule has 68 valence electrons. The predicted octanol–water partition coefficient (Wildman–Crippen LogP) is 2.18. The van der Waals surface area contributed by atoms with E-state index >= 15 is 0 Å². The molecule has 3 nitrogen and oxygen atoms in total. The summed E-state index contributed by atoms with van der Waals surface area (Å²) in [6, 6.07) is 8.04. The zero-order valence-corrected chi connectivity index (χ0v) is 7.97. The molecule has 0 aliphatic carbocycles. The van der Waals surface area contributed by atoms with Crippen molar-refractivity contribution in [2.24, 2.45) is 0 Å². The van der Waals surface area contributed by atoms with Gasteiger partial charge in [-0.25, -0.2) is 4.98 Å². The van der Waals surface area contributed by atoms with Crippen molar-refractivity contribution in [3.05, 3.63) is 35.7 Å². The molecule has 4 heteroatoms. The molecule has 0 saturated carbocycles. The average Bonchev–Trinajstić information content (AvgIpc) is 2.59. The normalized spacial score (nSPS) is 11.2. The Bertz CT molecular complexity index is 615. The van der Waals surface area contributed by atoms with Gasteiger partial charge < -0.3 is 4.98 Å². The first kappa shape index (κ1) is 7.76. The average molecular weight is 205 g/mol. The maximum absolute atomic E-state index is 5.97. The topological polar surface area (TPSA) is 42.8 Å². The fourth-order valence-electron chi connectivity index (χ4n) is 1.66. The van der Waals surface area contributed by atoms with Crippen molar-refractivity contribution in [1.82, 2.24) is 9.97 Å². The third kappa shape index (κ3) is 0.930. The molecule has 3 aromatic rings. The number of nitrogens with zero attached hydrogens (tertiary/aromatic N) is 1. The molecule has 1 aromatic carbocycles. The van der Waals surface area contributed by atoms with E-state index < -0.39 is 0 Å². The lowest BCUT2D eigenvalue weighted by molar-refractivity contribution is -0.348. The van der Waals surface area contributed by atoms with E-state index in [4.69, 9.17) is 11.6 Å². The molecule has 0 aliphatic rings. The first-order valence-electron chi connectivity index (χ1n) is 4.29. The second-order valence-corrected chi connectivity index (χ2v) is 3.47. The third-order valence-corrected chi connectivity index (χ3v) is 2.59. The number of para-hydroxylation sites is 1. The number of hydrogen-bond acceptors (Lipinski definition) is 1. The van der Waals surface area contributed by atoms with Gasteiger partial charge >= 0.3 is 0 Å². The number of hydrogen-bond donors (Lipinski definition) is 1. The van der Waals surface area contributed by atoms with Crippen molar-refractivity contribution in [3.63, 3.8) is 0 Å². The van der Waals surface area contributed by atoms with E-state index in [9.17, 15) is 0 Å². The van der Waals surface area contributed by atoms with Crippen molar-refractivity contribution in [2.45, 2.75) is 0 Å². The minimum Gasteiger partial charge on any atom is -0.347 e. The van der Waals surface area contributed by atoms with Gasteiger partial charge in [-0.2, -0.15) is 0 Å². The summed E-state index contributed by atoms with van der Waals surface area (Å²) in [4.78, 5) is 10.3. The number of halogens is 1. The van der Waals surface area contributed by atoms with Crippen molar-refractivity contribution < 1.29 is 4.98 Å². The molecule has 0 atom stereocenters. The van der Waals surface area contributed by atoms with Crippen LogP contribution < -0.4 is 4.98 Å². The molecule has 0 fully saturated rings. The SMILES string of the molecule is Clc1nc[nH+]c2c1[nH]c1ccccc12. The van der Waals surface area contributed by atoms with Crippen molar-refractivity contribution >= 4 is 33.5 Å². The molecule has 0 saturated heterocycles. The number of rotatable bonds is 0. The van der Waals surface area contributed by atoms with Crippen LogP contribution in [0.4, 0.5) is 0 Å². The number of benzene rings is 1. The lowest BCUT2D eigenvalue weighted by Crippen LogP contribution is -2.02. The van der Waals surface area contributed by atoms with E-state index in [-0.39, 0.29) is 0 Å². The van der Waals surface area contributed by atoms with E-state index in [1.807, 2.05) is 24.3 Å². The van der Waals surface area contributed by atoms with Crippen LogP contribution in [0.25, 0.3) is 21.9 Å². The Kier molecular flexibility index (Phi) is 1.49. The van der Waals surface area contributed by atoms with E-state index in [1.54, 1.807) is 6.33 Å². The first-order valence-corrected chi connectivity index (χ1v) is 4.66. The molecule has 2 heterocycles. The number of aromatic amines is 2. The lowest BCUT2D eigenvalue weighted by atomic mass is 10.2. The largest absolute Gasteiger partial charge is 0.347 e. The van der Waals surface area contributed by atoms with Crippen LogP contribution in [0.15, 0.2) is 30.6 Å². The summed E-state index contributed by atoms with van der Waals surface area (Å²) in [7, 11) is 0. The fraction of sp³-hybridized carbons (Fsp3) is 0. The maximum Gasteiger partial charge on any atom is 0.286 e. The number of nitrogens with one attached hydrogen (secondary N) is 2. The van der Waals surface area contributed by atoms with Gasteiger partial charge in [-0.1, -0.05) is 12.1 Å². The molecule has 0 amide bonds. The highest BCUT2D eigenvalue weighted by molar-refractivity contribution is 6.34. The summed E-state index contributed by atoms with van der Waals surface area (Å²) in [5.74, 6) is 0. The Labute approximate surface area is 84.7 Å². The second kappa shape index (κ2) is 2.69. The van der Waals surface area contributed by atoms with E-state index in [1.165, 1.54) is 0 Å². The third-order valence-electron chi connectivity index (χ3n) is 2.30. The first-order chi connectivity index (χ1) is 6.86. The van der Waals surface area contributed by atoms with Crippen molar-refractivity contribution in [1.29, 1.82) is 0 Å². The van der Waals surface area contributed by atoms with E-state index in [0.717, 1.165) is 21.9 Å². The molecule has 0 radical (unpaired) electrons. The van der Waals surface area contributed by atoms with Crippen LogP contribution in [0.3, 0.4) is 0 Å². The zero-order valence-electron chi connectivity index (χ0n) is 7.21. The minimum absolute atomic E-state index is 0.495. The van der Waals surface area contributed by atoms with Crippen molar-refractivity contribution in [2.75, 3.05) is 0 Å². The maximum atomic E-state index is 5.97. The van der Waals surface area contributed by atoms with Crippen molar-refractivity contribution in [3.8, 4) is 0 Å². The van der Waals surface area contributed by atoms with Crippen LogP contribution in [0.5, 0.6) is 0 Å². The van der Waals surface area contributed by atoms with Gasteiger partial charge in [-0.3, -0.25) is 0 Å². The quantitative estimate of drug-likeness (QED) is 0.561. The van der Waals surface area contributed by atoms with Gasteiger partial charge in [-0.05, 0) is 28.7 Å². The Balaban J connectivity index is 2.63. The number of H-pyrrole nitrogens is 2. The Morgan fingerprint density at radius 3 is 3.07 bits per heavy atom. The lowest BCUT2D eigenvalue weighted by Gasteiger charge is -1.84. The molecule has 2 aromatic heterocycles. The summed E-state index contributed by atoms with van der Waals surface area (Å²) < 4.78 is 0. The fourth-order valence-corrected chi connectivity index (χ4v) is 1.86. The standard InChI is InChI=1S/C10H6ClN3/c11-10-9-8(12-5-13-10)6-3-1-2-4-7(6)14-9/h1-5,14H/p+1. The van der Waals surface area contributed by atoms with Crippen LogP contribution >= 0.6 is 11.6 Å². The predicted molar refractivity (Wildman–Crippen MR) is 55.2 cm³/mol. The van der Waals surface area contributed by atoms with Gasteiger partial charge in [0.05, 0.1) is 5.52 Å². The van der Waals surface area contributed by atoms with Crippen LogP contribution in [-0.4, -0.2) is 9.97 Å². The van der Waals surface area contributed by atoms with E-state index in [0.29, 0.717) is 5.15 Å². The Morgan fingerprint density at radius 1 is 1.29 bits per heavy atom. The number of fused-ring (bicyclic) bond motifs is 3. The second-order valence-electron chi connectivity index (χ2n) is 3.11. The Morgan fingerprint density at radius 2 is 2.14 bits per heavy atom. The highest BCUT2D eigenvalue weighted by atomic mass is 35.5. The zero-order chi connectivity index (χ0) is 9.54. The summed E-state index contributed by atoms with van der Waals surface area (Å²) in [6.45, 7) is 0. The van der Waals surface area contributed by atoms with E-state index in [2.05, 4.69) is 15.0 Å². The summed E-state index contributed by atoms with van der Waals surface area (Å²) in [5, 5.41) is 1.63. The van der Waals surface area contributed by atoms with Crippen LogP contribution in [0.2, 0.25) is 5.15 Å². The summed E-state index contributed by atoms with van der Waals surface area (Å²) in [6.07, 6.45) is 1.60. The minimum atomic E-state index is 0.495. The molecule has 0 bridgehead atoms. The van der Waals surface area contributed by atoms with Gasteiger partial charge in [0.1, 0.15) is 0 Å². The molecule has 2 N–H and O–H groups in total. The van der Waals surface area contributed by atoms with Gasteiger partial charge in [0.2, 0.25) is 0 Å². The highest BCUT2D eigenvalue weighted by Gasteiger charge is 2.12. The van der Waals surface area contributed by atoms with Gasteiger partial charge in [0.15, 0.2) is 11.0 Å². The number of aromatic nitrogens is 3. The molecule has 0 spiro atoms. The molecule has 3 rings (SSSR count). The Hall–Kier alpha value is -1.61. The van der Waals surface area contributed by atoms with Gasteiger partial charge in [-0.15, -0.1) is 0 Å². The molecule has 0 unspecified atom stereocenters. The van der Waals surface area contributed by atoms with Crippen LogP contribution in [0, 0.1) is 0 Å². The monoisotopic (exact) mass is 204 g/mol. The summed E-state index contributed by atoms with van der Waals surface area (Å²) in [5.41, 5.74) is 2.92. The molecular weight excluding hydrogens is 198 g/mol. The van der Waals surface area contributed by atoms with Crippen LogP contribution in [-0.2, 0) is 0 Å².